The van der Waals surface area contributed by atoms with Crippen LogP contribution in [0.15, 0.2) is 24.3 Å². The second-order valence-electron chi connectivity index (χ2n) is 4.82. The van der Waals surface area contributed by atoms with Gasteiger partial charge in [0.15, 0.2) is 0 Å². The van der Waals surface area contributed by atoms with Gasteiger partial charge in [-0.25, -0.2) is 0 Å². The van der Waals surface area contributed by atoms with E-state index in [2.05, 4.69) is 0 Å². The average molecular weight is 284 g/mol. The van der Waals surface area contributed by atoms with Crippen LogP contribution in [0.2, 0.25) is 0 Å². The number of hydrogen-bond acceptors (Lipinski definition) is 3. The predicted octanol–water partition coefficient (Wildman–Crippen LogP) is 1.27. The van der Waals surface area contributed by atoms with Crippen LogP contribution < -0.4 is 11.1 Å². The molecule has 7 heteroatoms. The molecule has 20 heavy (non-hydrogen) atoms. The lowest BCUT2D eigenvalue weighted by Crippen LogP contribution is -2.59. The number of amides is 2. The molecule has 4 N–H and O–H groups in total. The number of aliphatic hydroxyl groups is 1. The molecule has 2 rings (SSSR count). The summed E-state index contributed by atoms with van der Waals surface area (Å²) in [6, 6.07) is 5.57. The van der Waals surface area contributed by atoms with Gasteiger partial charge in [0.25, 0.3) is 11.8 Å². The Balaban J connectivity index is 2.22. The van der Waals surface area contributed by atoms with Gasteiger partial charge in [-0.15, -0.1) is 0 Å². The van der Waals surface area contributed by atoms with Crippen molar-refractivity contribution in [1.29, 1.82) is 0 Å². The zero-order valence-electron chi connectivity index (χ0n) is 10.5. The summed E-state index contributed by atoms with van der Waals surface area (Å²) in [5.74, 6) is -6.41. The second-order valence-corrected chi connectivity index (χ2v) is 4.82. The zero-order valence-corrected chi connectivity index (χ0v) is 10.5. The van der Waals surface area contributed by atoms with Crippen LogP contribution in [0, 0.1) is 0 Å². The molecule has 1 aromatic carbocycles. The number of anilines is 1. The van der Waals surface area contributed by atoms with Crippen molar-refractivity contribution in [3.8, 4) is 0 Å². The number of primary amides is 1. The van der Waals surface area contributed by atoms with E-state index in [-0.39, 0.29) is 24.1 Å². The molecule has 0 radical (unpaired) electrons. The van der Waals surface area contributed by atoms with Crippen molar-refractivity contribution in [2.45, 2.75) is 30.8 Å². The van der Waals surface area contributed by atoms with Crippen LogP contribution in [0.5, 0.6) is 0 Å². The summed E-state index contributed by atoms with van der Waals surface area (Å²) in [6.45, 7) is 0. The first kappa shape index (κ1) is 14.4. The number of benzene rings is 1. The number of para-hydroxylation sites is 1. The molecule has 0 bridgehead atoms. The number of nitrogens with two attached hydrogens (primary N) is 1. The molecule has 1 fully saturated rings. The van der Waals surface area contributed by atoms with Gasteiger partial charge in [0, 0.05) is 0 Å². The molecule has 0 atom stereocenters. The van der Waals surface area contributed by atoms with Crippen LogP contribution in [0.1, 0.15) is 29.6 Å². The minimum atomic E-state index is -3.92. The highest BCUT2D eigenvalue weighted by molar-refractivity contribution is 6.05. The Labute approximate surface area is 113 Å². The molecule has 1 aliphatic rings. The Hall–Kier alpha value is -2.02. The average Bonchev–Trinajstić information content (AvgIpc) is 2.36. The Morgan fingerprint density at radius 1 is 1.30 bits per heavy atom. The van der Waals surface area contributed by atoms with Gasteiger partial charge in [0.2, 0.25) is 0 Å². The number of carbonyl (C=O) groups excluding carboxylic acids is 2. The maximum absolute atomic E-state index is 13.9. The summed E-state index contributed by atoms with van der Waals surface area (Å²) in [5.41, 5.74) is 2.61. The van der Waals surface area contributed by atoms with Crippen molar-refractivity contribution in [3.05, 3.63) is 29.8 Å². The summed E-state index contributed by atoms with van der Waals surface area (Å²) in [4.78, 5) is 22.8. The minimum absolute atomic E-state index is 0.0720. The smallest absolute Gasteiger partial charge is 0.352 e. The standard InChI is InChI=1S/C13H14F2N2O3/c14-13(15,12(20)6-3-7-12)11(19)17-9-5-2-1-4-8(9)10(16)18/h1-2,4-5,20H,3,6-7H2,(H2,16,18)(H,17,19). The van der Waals surface area contributed by atoms with E-state index in [1.165, 1.54) is 24.3 Å². The third kappa shape index (κ3) is 2.24. The SMILES string of the molecule is NC(=O)c1ccccc1NC(=O)C(F)(F)C1(O)CCC1. The number of hydrogen-bond donors (Lipinski definition) is 3. The molecular weight excluding hydrogens is 270 g/mol. The first-order valence-corrected chi connectivity index (χ1v) is 6.08. The normalized spacial score (nSPS) is 17.1. The fourth-order valence-corrected chi connectivity index (χ4v) is 2.04. The van der Waals surface area contributed by atoms with Gasteiger partial charge in [-0.05, 0) is 31.4 Å². The van der Waals surface area contributed by atoms with Crippen molar-refractivity contribution in [2.24, 2.45) is 5.73 Å². The quantitative estimate of drug-likeness (QED) is 0.777. The highest BCUT2D eigenvalue weighted by Crippen LogP contribution is 2.44. The first-order chi connectivity index (χ1) is 9.28. The predicted molar refractivity (Wildman–Crippen MR) is 67.3 cm³/mol. The molecule has 0 spiro atoms. The van der Waals surface area contributed by atoms with E-state index in [9.17, 15) is 23.5 Å². The summed E-state index contributed by atoms with van der Waals surface area (Å²) in [5, 5.41) is 11.6. The number of halogens is 2. The van der Waals surface area contributed by atoms with E-state index in [1.807, 2.05) is 5.32 Å². The lowest BCUT2D eigenvalue weighted by Gasteiger charge is -2.41. The highest BCUT2D eigenvalue weighted by atomic mass is 19.3. The van der Waals surface area contributed by atoms with Crippen molar-refractivity contribution < 1.29 is 23.5 Å². The fraction of sp³-hybridized carbons (Fsp3) is 0.385. The molecule has 0 saturated heterocycles. The Morgan fingerprint density at radius 2 is 1.90 bits per heavy atom. The summed E-state index contributed by atoms with van der Waals surface area (Å²) in [7, 11) is 0. The second kappa shape index (κ2) is 4.82. The van der Waals surface area contributed by atoms with Gasteiger partial charge in [0.05, 0.1) is 11.3 Å². The maximum Gasteiger partial charge on any atom is 0.352 e. The molecule has 0 aromatic heterocycles. The van der Waals surface area contributed by atoms with Gasteiger partial charge in [-0.2, -0.15) is 8.78 Å². The molecule has 0 aliphatic heterocycles. The monoisotopic (exact) mass is 284 g/mol. The molecule has 1 aliphatic carbocycles. The van der Waals surface area contributed by atoms with Crippen LogP contribution >= 0.6 is 0 Å². The van der Waals surface area contributed by atoms with Gasteiger partial charge in [-0.1, -0.05) is 12.1 Å². The third-order valence-corrected chi connectivity index (χ3v) is 3.49. The molecule has 0 heterocycles. The van der Waals surface area contributed by atoms with Crippen LogP contribution in [0.25, 0.3) is 0 Å². The molecule has 108 valence electrons. The number of carbonyl (C=O) groups is 2. The topological polar surface area (TPSA) is 92.4 Å². The number of alkyl halides is 2. The van der Waals surface area contributed by atoms with Crippen LogP contribution in [-0.4, -0.2) is 28.4 Å². The van der Waals surface area contributed by atoms with Gasteiger partial charge in [0.1, 0.15) is 5.60 Å². The molecule has 1 saturated carbocycles. The Bertz CT molecular complexity index is 556. The molecule has 5 nitrogen and oxygen atoms in total. The minimum Gasteiger partial charge on any atom is -0.383 e. The van der Waals surface area contributed by atoms with Crippen molar-refractivity contribution in [2.75, 3.05) is 5.32 Å². The summed E-state index contributed by atoms with van der Waals surface area (Å²) < 4.78 is 27.8. The van der Waals surface area contributed by atoms with E-state index in [0.717, 1.165) is 0 Å². The van der Waals surface area contributed by atoms with Crippen LogP contribution in [-0.2, 0) is 4.79 Å². The van der Waals surface area contributed by atoms with E-state index < -0.39 is 23.3 Å². The lowest BCUT2D eigenvalue weighted by atomic mass is 9.75. The van der Waals surface area contributed by atoms with E-state index in [0.29, 0.717) is 6.42 Å². The van der Waals surface area contributed by atoms with E-state index >= 15 is 0 Å². The lowest BCUT2D eigenvalue weighted by molar-refractivity contribution is -0.212. The first-order valence-electron chi connectivity index (χ1n) is 6.08. The Morgan fingerprint density at radius 3 is 2.40 bits per heavy atom. The molecule has 1 aromatic rings. The van der Waals surface area contributed by atoms with Crippen molar-refractivity contribution in [3.63, 3.8) is 0 Å². The molecule has 2 amide bonds. The largest absolute Gasteiger partial charge is 0.383 e. The van der Waals surface area contributed by atoms with E-state index in [4.69, 9.17) is 5.73 Å². The third-order valence-electron chi connectivity index (χ3n) is 3.49. The van der Waals surface area contributed by atoms with E-state index in [1.54, 1.807) is 0 Å². The number of nitrogens with one attached hydrogen (secondary N) is 1. The van der Waals surface area contributed by atoms with Crippen LogP contribution in [0.4, 0.5) is 14.5 Å². The van der Waals surface area contributed by atoms with Gasteiger partial charge >= 0.3 is 5.92 Å². The van der Waals surface area contributed by atoms with Gasteiger partial charge < -0.3 is 16.2 Å². The number of rotatable bonds is 4. The van der Waals surface area contributed by atoms with Crippen LogP contribution in [0.3, 0.4) is 0 Å². The molecular formula is C13H14F2N2O3. The highest BCUT2D eigenvalue weighted by Gasteiger charge is 2.61. The van der Waals surface area contributed by atoms with Crippen molar-refractivity contribution >= 4 is 17.5 Å². The zero-order chi connectivity index (χ0) is 15.0. The summed E-state index contributed by atoms with van der Waals surface area (Å²) >= 11 is 0. The molecule has 0 unspecified atom stereocenters. The maximum atomic E-state index is 13.9. The van der Waals surface area contributed by atoms with Gasteiger partial charge in [-0.3, -0.25) is 9.59 Å². The van der Waals surface area contributed by atoms with Crippen molar-refractivity contribution in [1.82, 2.24) is 0 Å². The fourth-order valence-electron chi connectivity index (χ4n) is 2.04. The summed E-state index contributed by atoms with van der Waals surface area (Å²) in [6.07, 6.45) is 0.174. The Kier molecular flexibility index (Phi) is 3.47.